The van der Waals surface area contributed by atoms with Crippen molar-refractivity contribution in [2.75, 3.05) is 18.4 Å². The number of nitrogens with zero attached hydrogens (tertiary/aromatic N) is 1. The predicted octanol–water partition coefficient (Wildman–Crippen LogP) is 2.67. The number of nitrogens with one attached hydrogen (secondary N) is 2. The monoisotopic (exact) mass is 301 g/mol. The Morgan fingerprint density at radius 3 is 2.81 bits per heavy atom. The van der Waals surface area contributed by atoms with Crippen molar-refractivity contribution in [3.05, 3.63) is 47.0 Å². The van der Waals surface area contributed by atoms with E-state index in [1.165, 1.54) is 10.4 Å². The molecule has 1 amide bonds. The average Bonchev–Trinajstić information content (AvgIpc) is 2.96. The van der Waals surface area contributed by atoms with Gasteiger partial charge in [-0.15, -0.1) is 11.3 Å². The lowest BCUT2D eigenvalue weighted by molar-refractivity contribution is -0.120. The zero-order valence-corrected chi connectivity index (χ0v) is 12.7. The van der Waals surface area contributed by atoms with E-state index in [0.29, 0.717) is 5.13 Å². The van der Waals surface area contributed by atoms with Gasteiger partial charge >= 0.3 is 0 Å². The Hall–Kier alpha value is -1.72. The molecule has 1 aliphatic rings. The first-order valence-electron chi connectivity index (χ1n) is 7.31. The summed E-state index contributed by atoms with van der Waals surface area (Å²) < 4.78 is 0. The fourth-order valence-electron chi connectivity index (χ4n) is 2.54. The number of rotatable bonds is 4. The van der Waals surface area contributed by atoms with E-state index in [9.17, 15) is 4.79 Å². The molecule has 4 nitrogen and oxygen atoms in total. The van der Waals surface area contributed by atoms with E-state index in [2.05, 4.69) is 27.8 Å². The molecule has 0 unspecified atom stereocenters. The predicted molar refractivity (Wildman–Crippen MR) is 85.6 cm³/mol. The minimum Gasteiger partial charge on any atom is -0.317 e. The lowest BCUT2D eigenvalue weighted by Gasteiger charge is -2.20. The first kappa shape index (κ1) is 14.2. The van der Waals surface area contributed by atoms with E-state index < -0.39 is 0 Å². The van der Waals surface area contributed by atoms with Gasteiger partial charge in [0.05, 0.1) is 0 Å². The maximum atomic E-state index is 12.2. The maximum Gasteiger partial charge on any atom is 0.229 e. The highest BCUT2D eigenvalue weighted by Gasteiger charge is 2.21. The topological polar surface area (TPSA) is 54.0 Å². The first-order chi connectivity index (χ1) is 10.3. The van der Waals surface area contributed by atoms with Gasteiger partial charge in [-0.05, 0) is 31.5 Å². The molecule has 110 valence electrons. The molecule has 3 rings (SSSR count). The molecule has 1 aromatic heterocycles. The van der Waals surface area contributed by atoms with Gasteiger partial charge in [-0.1, -0.05) is 30.3 Å². The summed E-state index contributed by atoms with van der Waals surface area (Å²) in [5.41, 5.74) is 1.26. The number of hydrogen-bond acceptors (Lipinski definition) is 4. The normalized spacial score (nSPS) is 15.8. The molecule has 1 aliphatic heterocycles. The third-order valence-electron chi connectivity index (χ3n) is 3.71. The van der Waals surface area contributed by atoms with Crippen LogP contribution < -0.4 is 10.6 Å². The molecule has 1 aromatic carbocycles. The number of carbonyl (C=O) groups is 1. The molecule has 0 saturated carbocycles. The summed E-state index contributed by atoms with van der Waals surface area (Å²) in [6.45, 7) is 1.85. The molecule has 2 N–H and O–H groups in total. The number of hydrogen-bond donors (Lipinski definition) is 2. The van der Waals surface area contributed by atoms with E-state index in [0.717, 1.165) is 32.4 Å². The summed E-state index contributed by atoms with van der Waals surface area (Å²) in [4.78, 5) is 17.6. The van der Waals surface area contributed by atoms with Crippen molar-refractivity contribution in [2.45, 2.75) is 19.3 Å². The Kier molecular flexibility index (Phi) is 4.62. The van der Waals surface area contributed by atoms with Crippen LogP contribution in [0.15, 0.2) is 36.5 Å². The van der Waals surface area contributed by atoms with Crippen LogP contribution in [0.1, 0.15) is 23.3 Å². The van der Waals surface area contributed by atoms with Crippen LogP contribution in [0.25, 0.3) is 0 Å². The number of aromatic nitrogens is 1. The molecule has 1 saturated heterocycles. The summed E-state index contributed by atoms with van der Waals surface area (Å²) in [7, 11) is 0. The molecule has 0 atom stereocenters. The molecule has 2 heterocycles. The van der Waals surface area contributed by atoms with Crippen molar-refractivity contribution in [3.63, 3.8) is 0 Å². The Balaban J connectivity index is 1.58. The molecule has 0 spiro atoms. The smallest absolute Gasteiger partial charge is 0.229 e. The summed E-state index contributed by atoms with van der Waals surface area (Å²) in [6.07, 6.45) is 4.54. The second kappa shape index (κ2) is 6.83. The van der Waals surface area contributed by atoms with Gasteiger partial charge in [-0.2, -0.15) is 0 Å². The number of amides is 1. The number of piperidine rings is 1. The van der Waals surface area contributed by atoms with E-state index in [4.69, 9.17) is 0 Å². The molecule has 21 heavy (non-hydrogen) atoms. The van der Waals surface area contributed by atoms with Crippen molar-refractivity contribution >= 4 is 22.4 Å². The molecule has 0 radical (unpaired) electrons. The zero-order chi connectivity index (χ0) is 14.5. The van der Waals surface area contributed by atoms with Crippen molar-refractivity contribution in [2.24, 2.45) is 5.92 Å². The van der Waals surface area contributed by atoms with Crippen molar-refractivity contribution in [1.82, 2.24) is 10.3 Å². The molecule has 5 heteroatoms. The van der Waals surface area contributed by atoms with Gasteiger partial charge in [-0.3, -0.25) is 4.79 Å². The Morgan fingerprint density at radius 2 is 2.05 bits per heavy atom. The number of benzene rings is 1. The van der Waals surface area contributed by atoms with Crippen LogP contribution in [0.4, 0.5) is 5.13 Å². The van der Waals surface area contributed by atoms with Crippen LogP contribution in [0.5, 0.6) is 0 Å². The molecule has 1 fully saturated rings. The lowest BCUT2D eigenvalue weighted by atomic mass is 9.97. The highest BCUT2D eigenvalue weighted by atomic mass is 32.1. The van der Waals surface area contributed by atoms with Crippen LogP contribution in [0, 0.1) is 5.92 Å². The van der Waals surface area contributed by atoms with E-state index >= 15 is 0 Å². The Morgan fingerprint density at radius 1 is 1.29 bits per heavy atom. The highest BCUT2D eigenvalue weighted by Crippen LogP contribution is 2.22. The largest absolute Gasteiger partial charge is 0.317 e. The lowest BCUT2D eigenvalue weighted by Crippen LogP contribution is -2.34. The van der Waals surface area contributed by atoms with Gasteiger partial charge in [0.2, 0.25) is 5.91 Å². The fourth-order valence-corrected chi connectivity index (χ4v) is 3.39. The van der Waals surface area contributed by atoms with Crippen molar-refractivity contribution in [1.29, 1.82) is 0 Å². The van der Waals surface area contributed by atoms with Gasteiger partial charge in [0.15, 0.2) is 5.13 Å². The van der Waals surface area contributed by atoms with Crippen LogP contribution in [-0.4, -0.2) is 24.0 Å². The second-order valence-electron chi connectivity index (χ2n) is 5.31. The number of thiazole rings is 1. The zero-order valence-electron chi connectivity index (χ0n) is 11.8. The number of anilines is 1. The SMILES string of the molecule is O=C(Nc1ncc(Cc2ccccc2)s1)C1CCNCC1. The fraction of sp³-hybridized carbons (Fsp3) is 0.375. The average molecular weight is 301 g/mol. The third-order valence-corrected chi connectivity index (χ3v) is 4.63. The van der Waals surface area contributed by atoms with Gasteiger partial charge in [0.1, 0.15) is 0 Å². The molecular weight excluding hydrogens is 282 g/mol. The van der Waals surface area contributed by atoms with Gasteiger partial charge < -0.3 is 10.6 Å². The molecule has 0 aliphatic carbocycles. The molecule has 0 bridgehead atoms. The summed E-state index contributed by atoms with van der Waals surface area (Å²) in [6, 6.07) is 10.3. The Bertz CT molecular complexity index is 591. The summed E-state index contributed by atoms with van der Waals surface area (Å²) >= 11 is 1.56. The van der Waals surface area contributed by atoms with Crippen LogP contribution in [0.3, 0.4) is 0 Å². The first-order valence-corrected chi connectivity index (χ1v) is 8.13. The minimum atomic E-state index is 0.108. The maximum absolute atomic E-state index is 12.2. The van der Waals surface area contributed by atoms with Gasteiger partial charge in [-0.25, -0.2) is 4.98 Å². The molecule has 2 aromatic rings. The van der Waals surface area contributed by atoms with Gasteiger partial charge in [0.25, 0.3) is 0 Å². The summed E-state index contributed by atoms with van der Waals surface area (Å²) in [5.74, 6) is 0.227. The summed E-state index contributed by atoms with van der Waals surface area (Å²) in [5, 5.41) is 6.94. The van der Waals surface area contributed by atoms with Crippen molar-refractivity contribution in [3.8, 4) is 0 Å². The van der Waals surface area contributed by atoms with Crippen LogP contribution >= 0.6 is 11.3 Å². The minimum absolute atomic E-state index is 0.108. The third kappa shape index (κ3) is 3.89. The van der Waals surface area contributed by atoms with E-state index in [1.807, 2.05) is 24.4 Å². The van der Waals surface area contributed by atoms with Crippen molar-refractivity contribution < 1.29 is 4.79 Å². The van der Waals surface area contributed by atoms with Gasteiger partial charge in [0, 0.05) is 23.4 Å². The highest BCUT2D eigenvalue weighted by molar-refractivity contribution is 7.15. The Labute approximate surface area is 128 Å². The van der Waals surface area contributed by atoms with Crippen LogP contribution in [0.2, 0.25) is 0 Å². The van der Waals surface area contributed by atoms with E-state index in [1.54, 1.807) is 11.3 Å². The number of carbonyl (C=O) groups excluding carboxylic acids is 1. The van der Waals surface area contributed by atoms with E-state index in [-0.39, 0.29) is 11.8 Å². The quantitative estimate of drug-likeness (QED) is 0.913. The standard InChI is InChI=1S/C16H19N3OS/c20-15(13-6-8-17-9-7-13)19-16-18-11-14(21-16)10-12-4-2-1-3-5-12/h1-5,11,13,17H,6-10H2,(H,18,19,20). The molecular formula is C16H19N3OS. The second-order valence-corrected chi connectivity index (χ2v) is 6.42. The van der Waals surface area contributed by atoms with Crippen LogP contribution in [-0.2, 0) is 11.2 Å².